The second-order valence-electron chi connectivity index (χ2n) is 3.51. The highest BCUT2D eigenvalue weighted by Crippen LogP contribution is 2.18. The summed E-state index contributed by atoms with van der Waals surface area (Å²) < 4.78 is 6.89. The largest absolute Gasteiger partial charge is 0.469 e. The molecule has 0 spiro atoms. The molecule has 1 unspecified atom stereocenters. The van der Waals surface area contributed by atoms with Gasteiger partial charge in [-0.05, 0) is 24.6 Å². The van der Waals surface area contributed by atoms with Crippen LogP contribution >= 0.6 is 0 Å². The molecule has 1 atom stereocenters. The van der Waals surface area contributed by atoms with Crippen molar-refractivity contribution in [2.24, 2.45) is 7.05 Å². The summed E-state index contributed by atoms with van der Waals surface area (Å²) in [6.07, 6.45) is 4.23. The molecule has 0 radical (unpaired) electrons. The zero-order valence-electron chi connectivity index (χ0n) is 8.63. The molecule has 0 saturated heterocycles. The van der Waals surface area contributed by atoms with Crippen molar-refractivity contribution in [1.29, 1.82) is 0 Å². The molecule has 0 aliphatic heterocycles. The van der Waals surface area contributed by atoms with Crippen molar-refractivity contribution in [1.82, 2.24) is 9.78 Å². The van der Waals surface area contributed by atoms with Crippen LogP contribution in [-0.2, 0) is 13.5 Å². The highest BCUT2D eigenvalue weighted by atomic mass is 16.3. The molecule has 0 bridgehead atoms. The van der Waals surface area contributed by atoms with E-state index in [2.05, 4.69) is 5.10 Å². The zero-order chi connectivity index (χ0) is 10.7. The van der Waals surface area contributed by atoms with Crippen molar-refractivity contribution >= 4 is 0 Å². The smallest absolute Gasteiger partial charge is 0.103 e. The van der Waals surface area contributed by atoms with Crippen molar-refractivity contribution in [3.63, 3.8) is 0 Å². The molecule has 4 heteroatoms. The Morgan fingerprint density at radius 3 is 3.00 bits per heavy atom. The van der Waals surface area contributed by atoms with Crippen molar-refractivity contribution in [2.45, 2.75) is 18.9 Å². The number of aliphatic hydroxyl groups excluding tert-OH is 1. The average molecular weight is 206 g/mol. The Bertz CT molecular complexity index is 406. The molecule has 80 valence electrons. The van der Waals surface area contributed by atoms with E-state index in [4.69, 9.17) is 4.42 Å². The maximum absolute atomic E-state index is 9.89. The first-order chi connectivity index (χ1) is 7.27. The maximum Gasteiger partial charge on any atom is 0.103 e. The van der Waals surface area contributed by atoms with Gasteiger partial charge < -0.3 is 9.52 Å². The molecule has 4 nitrogen and oxygen atoms in total. The fourth-order valence-electron chi connectivity index (χ4n) is 1.59. The Labute approximate surface area is 88.1 Å². The van der Waals surface area contributed by atoms with E-state index in [1.807, 2.05) is 25.2 Å². The van der Waals surface area contributed by atoms with E-state index < -0.39 is 6.10 Å². The number of rotatable bonds is 4. The first-order valence-corrected chi connectivity index (χ1v) is 4.95. The lowest BCUT2D eigenvalue weighted by atomic mass is 10.1. The van der Waals surface area contributed by atoms with E-state index in [9.17, 15) is 5.11 Å². The minimum Gasteiger partial charge on any atom is -0.469 e. The minimum absolute atomic E-state index is 0.484. The second-order valence-corrected chi connectivity index (χ2v) is 3.51. The average Bonchev–Trinajstić information content (AvgIpc) is 2.84. The van der Waals surface area contributed by atoms with Crippen molar-refractivity contribution in [3.8, 4) is 0 Å². The fourth-order valence-corrected chi connectivity index (χ4v) is 1.59. The fraction of sp³-hybridized carbons (Fsp3) is 0.364. The van der Waals surface area contributed by atoms with Crippen LogP contribution in [0.3, 0.4) is 0 Å². The molecule has 2 aromatic rings. The Morgan fingerprint density at radius 1 is 1.53 bits per heavy atom. The van der Waals surface area contributed by atoms with Gasteiger partial charge in [0.25, 0.3) is 0 Å². The highest BCUT2D eigenvalue weighted by molar-refractivity contribution is 5.05. The van der Waals surface area contributed by atoms with Gasteiger partial charge in [-0.2, -0.15) is 5.10 Å². The quantitative estimate of drug-likeness (QED) is 0.828. The predicted octanol–water partition coefficient (Wildman–Crippen LogP) is 1.68. The third kappa shape index (κ3) is 2.27. The van der Waals surface area contributed by atoms with E-state index in [1.54, 1.807) is 17.1 Å². The van der Waals surface area contributed by atoms with E-state index in [0.717, 1.165) is 17.9 Å². The van der Waals surface area contributed by atoms with E-state index in [0.29, 0.717) is 6.42 Å². The van der Waals surface area contributed by atoms with E-state index in [1.165, 1.54) is 0 Å². The van der Waals surface area contributed by atoms with Crippen molar-refractivity contribution in [3.05, 3.63) is 42.1 Å². The van der Waals surface area contributed by atoms with Crippen LogP contribution in [0.2, 0.25) is 0 Å². The maximum atomic E-state index is 9.89. The van der Waals surface area contributed by atoms with Crippen molar-refractivity contribution < 1.29 is 9.52 Å². The van der Waals surface area contributed by atoms with Gasteiger partial charge in [0, 0.05) is 19.7 Å². The second kappa shape index (κ2) is 4.31. The van der Waals surface area contributed by atoms with Crippen LogP contribution in [0, 0.1) is 0 Å². The normalized spacial score (nSPS) is 12.9. The third-order valence-corrected chi connectivity index (χ3v) is 2.44. The van der Waals surface area contributed by atoms with Crippen LogP contribution in [0.5, 0.6) is 0 Å². The van der Waals surface area contributed by atoms with E-state index >= 15 is 0 Å². The van der Waals surface area contributed by atoms with Gasteiger partial charge in [-0.1, -0.05) is 0 Å². The number of aliphatic hydroxyl groups is 1. The number of aromatic nitrogens is 2. The van der Waals surface area contributed by atoms with Gasteiger partial charge >= 0.3 is 0 Å². The van der Waals surface area contributed by atoms with Gasteiger partial charge in [0.1, 0.15) is 5.76 Å². The lowest BCUT2D eigenvalue weighted by Crippen LogP contribution is -2.06. The topological polar surface area (TPSA) is 51.2 Å². The number of nitrogens with zero attached hydrogens (tertiary/aromatic N) is 2. The SMILES string of the molecule is Cn1nccc1C(O)CCc1ccco1. The summed E-state index contributed by atoms with van der Waals surface area (Å²) in [6, 6.07) is 5.59. The molecule has 2 rings (SSSR count). The van der Waals surface area contributed by atoms with Gasteiger partial charge in [0.05, 0.1) is 18.1 Å². The first kappa shape index (κ1) is 9.98. The summed E-state index contributed by atoms with van der Waals surface area (Å²) in [5, 5.41) is 13.9. The van der Waals surface area contributed by atoms with E-state index in [-0.39, 0.29) is 0 Å². The van der Waals surface area contributed by atoms with Crippen LogP contribution in [0.4, 0.5) is 0 Å². The van der Waals surface area contributed by atoms with Crippen LogP contribution in [0.1, 0.15) is 24.0 Å². The molecule has 0 aliphatic carbocycles. The molecular weight excluding hydrogens is 192 g/mol. The molecule has 15 heavy (non-hydrogen) atoms. The molecule has 0 saturated carbocycles. The van der Waals surface area contributed by atoms with Gasteiger partial charge in [0.15, 0.2) is 0 Å². The summed E-state index contributed by atoms with van der Waals surface area (Å²) >= 11 is 0. The van der Waals surface area contributed by atoms with Gasteiger partial charge in [-0.3, -0.25) is 4.68 Å². The predicted molar refractivity (Wildman–Crippen MR) is 55.2 cm³/mol. The number of furan rings is 1. The molecule has 1 N–H and O–H groups in total. The highest BCUT2D eigenvalue weighted by Gasteiger charge is 2.11. The van der Waals surface area contributed by atoms with Crippen LogP contribution in [0.25, 0.3) is 0 Å². The van der Waals surface area contributed by atoms with Crippen LogP contribution < -0.4 is 0 Å². The first-order valence-electron chi connectivity index (χ1n) is 4.95. The minimum atomic E-state index is -0.484. The molecular formula is C11H14N2O2. The number of hydrogen-bond donors (Lipinski definition) is 1. The standard InChI is InChI=1S/C11H14N2O2/c1-13-10(6-7-12-13)11(14)5-4-9-3-2-8-15-9/h2-3,6-8,11,14H,4-5H2,1H3. The summed E-state index contributed by atoms with van der Waals surface area (Å²) in [4.78, 5) is 0. The summed E-state index contributed by atoms with van der Waals surface area (Å²) in [5.41, 5.74) is 0.835. The molecule has 2 aromatic heterocycles. The lowest BCUT2D eigenvalue weighted by Gasteiger charge is -2.09. The molecule has 0 aliphatic rings. The monoisotopic (exact) mass is 206 g/mol. The van der Waals surface area contributed by atoms with Gasteiger partial charge in [-0.15, -0.1) is 0 Å². The molecule has 0 amide bonds. The Morgan fingerprint density at radius 2 is 2.40 bits per heavy atom. The summed E-state index contributed by atoms with van der Waals surface area (Å²) in [7, 11) is 1.82. The molecule has 0 fully saturated rings. The number of aryl methyl sites for hydroxylation is 2. The van der Waals surface area contributed by atoms with Gasteiger partial charge in [-0.25, -0.2) is 0 Å². The third-order valence-electron chi connectivity index (χ3n) is 2.44. The Balaban J connectivity index is 1.93. The molecule has 0 aromatic carbocycles. The lowest BCUT2D eigenvalue weighted by molar-refractivity contribution is 0.156. The summed E-state index contributed by atoms with van der Waals surface area (Å²) in [6.45, 7) is 0. The van der Waals surface area contributed by atoms with Crippen LogP contribution in [0.15, 0.2) is 35.1 Å². The zero-order valence-corrected chi connectivity index (χ0v) is 8.63. The van der Waals surface area contributed by atoms with Crippen LogP contribution in [-0.4, -0.2) is 14.9 Å². The molecule has 2 heterocycles. The van der Waals surface area contributed by atoms with Gasteiger partial charge in [0.2, 0.25) is 0 Å². The Kier molecular flexibility index (Phi) is 2.87. The van der Waals surface area contributed by atoms with Crippen molar-refractivity contribution in [2.75, 3.05) is 0 Å². The Hall–Kier alpha value is -1.55. The summed E-state index contributed by atoms with van der Waals surface area (Å²) in [5.74, 6) is 0.899. The number of hydrogen-bond acceptors (Lipinski definition) is 3.